The van der Waals surface area contributed by atoms with Crippen molar-refractivity contribution >= 4 is 5.91 Å². The van der Waals surface area contributed by atoms with E-state index in [0.717, 1.165) is 24.0 Å². The predicted octanol–water partition coefficient (Wildman–Crippen LogP) is 5.07. The molecule has 152 valence electrons. The van der Waals surface area contributed by atoms with Gasteiger partial charge in [0, 0.05) is 13.2 Å². The SMILES string of the molecule is CCCC1C(C)c2ccc(F)cc2C1(CC)NC(=O)c1cn(C)nc1C(F)F. The van der Waals surface area contributed by atoms with E-state index in [4.69, 9.17) is 0 Å². The average Bonchev–Trinajstić information content (AvgIpc) is 3.14. The van der Waals surface area contributed by atoms with Crippen molar-refractivity contribution in [2.75, 3.05) is 0 Å². The van der Waals surface area contributed by atoms with Gasteiger partial charge in [-0.25, -0.2) is 13.2 Å². The Balaban J connectivity index is 2.08. The van der Waals surface area contributed by atoms with E-state index in [2.05, 4.69) is 24.3 Å². The minimum Gasteiger partial charge on any atom is -0.342 e. The van der Waals surface area contributed by atoms with Crippen molar-refractivity contribution in [2.45, 2.75) is 57.9 Å². The summed E-state index contributed by atoms with van der Waals surface area (Å²) < 4.78 is 42.0. The van der Waals surface area contributed by atoms with Gasteiger partial charge >= 0.3 is 0 Å². The molecule has 1 amide bonds. The molecular weight excluding hydrogens is 367 g/mol. The van der Waals surface area contributed by atoms with Crippen LogP contribution in [0.15, 0.2) is 24.4 Å². The Hall–Kier alpha value is -2.31. The molecule has 0 radical (unpaired) electrons. The normalized spacial score (nSPS) is 23.9. The minimum absolute atomic E-state index is 0.0509. The van der Waals surface area contributed by atoms with Crippen LogP contribution in [0.5, 0.6) is 0 Å². The van der Waals surface area contributed by atoms with Crippen LogP contribution in [-0.2, 0) is 12.6 Å². The molecule has 0 saturated carbocycles. The third-order valence-corrected chi connectivity index (χ3v) is 6.03. The van der Waals surface area contributed by atoms with E-state index in [0.29, 0.717) is 6.42 Å². The molecule has 4 nitrogen and oxygen atoms in total. The van der Waals surface area contributed by atoms with Crippen LogP contribution in [0.2, 0.25) is 0 Å². The molecule has 0 spiro atoms. The number of fused-ring (bicyclic) bond motifs is 1. The molecule has 3 unspecified atom stereocenters. The Bertz CT molecular complexity index is 880. The lowest BCUT2D eigenvalue weighted by molar-refractivity contribution is 0.0823. The van der Waals surface area contributed by atoms with E-state index in [-0.39, 0.29) is 23.2 Å². The zero-order chi connectivity index (χ0) is 20.6. The molecule has 1 aromatic heterocycles. The van der Waals surface area contributed by atoms with Crippen molar-refractivity contribution in [3.05, 3.63) is 52.6 Å². The lowest BCUT2D eigenvalue weighted by Gasteiger charge is -2.38. The summed E-state index contributed by atoms with van der Waals surface area (Å²) in [6, 6.07) is 4.68. The van der Waals surface area contributed by atoms with Crippen LogP contribution < -0.4 is 5.32 Å². The monoisotopic (exact) mass is 393 g/mol. The number of aromatic nitrogens is 2. The van der Waals surface area contributed by atoms with Crippen LogP contribution in [0, 0.1) is 11.7 Å². The minimum atomic E-state index is -2.85. The third kappa shape index (κ3) is 3.20. The zero-order valence-electron chi connectivity index (χ0n) is 16.6. The number of benzene rings is 1. The van der Waals surface area contributed by atoms with Gasteiger partial charge in [-0.15, -0.1) is 0 Å². The molecule has 0 aliphatic heterocycles. The number of rotatable bonds is 6. The average molecular weight is 393 g/mol. The second-order valence-electron chi connectivity index (χ2n) is 7.60. The fourth-order valence-corrected chi connectivity index (χ4v) is 4.78. The number of halogens is 3. The quantitative estimate of drug-likeness (QED) is 0.745. The second kappa shape index (κ2) is 7.60. The number of carbonyl (C=O) groups is 1. The van der Waals surface area contributed by atoms with Crippen LogP contribution in [0.1, 0.15) is 79.6 Å². The Labute approximate surface area is 163 Å². The molecular formula is C21H26F3N3O. The van der Waals surface area contributed by atoms with Gasteiger partial charge in [-0.3, -0.25) is 9.48 Å². The Morgan fingerprint density at radius 2 is 2.07 bits per heavy atom. The maximum absolute atomic E-state index is 14.1. The summed E-state index contributed by atoms with van der Waals surface area (Å²) in [4.78, 5) is 13.1. The van der Waals surface area contributed by atoms with Crippen LogP contribution in [0.3, 0.4) is 0 Å². The van der Waals surface area contributed by atoms with Crippen LogP contribution in [0.4, 0.5) is 13.2 Å². The van der Waals surface area contributed by atoms with Crippen LogP contribution in [-0.4, -0.2) is 15.7 Å². The van der Waals surface area contributed by atoms with Gasteiger partial charge in [-0.05, 0) is 47.9 Å². The Kier molecular flexibility index (Phi) is 5.55. The molecule has 0 saturated heterocycles. The van der Waals surface area contributed by atoms with E-state index in [1.165, 1.54) is 30.1 Å². The van der Waals surface area contributed by atoms with Crippen LogP contribution in [0.25, 0.3) is 0 Å². The molecule has 0 bridgehead atoms. The predicted molar refractivity (Wildman–Crippen MR) is 101 cm³/mol. The molecule has 1 N–H and O–H groups in total. The van der Waals surface area contributed by atoms with Crippen LogP contribution >= 0.6 is 0 Å². The van der Waals surface area contributed by atoms with Crippen molar-refractivity contribution in [1.82, 2.24) is 15.1 Å². The van der Waals surface area contributed by atoms with E-state index in [1.54, 1.807) is 6.07 Å². The smallest absolute Gasteiger partial charge is 0.282 e. The summed E-state index contributed by atoms with van der Waals surface area (Å²) in [6.45, 7) is 6.08. The van der Waals surface area contributed by atoms with E-state index in [1.807, 2.05) is 6.92 Å². The van der Waals surface area contributed by atoms with Gasteiger partial charge in [0.05, 0.1) is 11.1 Å². The Morgan fingerprint density at radius 3 is 2.68 bits per heavy atom. The van der Waals surface area contributed by atoms with Gasteiger partial charge in [-0.2, -0.15) is 5.10 Å². The lowest BCUT2D eigenvalue weighted by atomic mass is 9.76. The number of nitrogens with one attached hydrogen (secondary N) is 1. The molecule has 1 heterocycles. The fraction of sp³-hybridized carbons (Fsp3) is 0.524. The first-order valence-corrected chi connectivity index (χ1v) is 9.69. The highest BCUT2D eigenvalue weighted by Gasteiger charge is 2.50. The van der Waals surface area contributed by atoms with E-state index < -0.39 is 23.6 Å². The molecule has 3 rings (SSSR count). The number of alkyl halides is 2. The third-order valence-electron chi connectivity index (χ3n) is 6.03. The first-order chi connectivity index (χ1) is 13.2. The summed E-state index contributed by atoms with van der Waals surface area (Å²) in [7, 11) is 1.50. The first kappa shape index (κ1) is 20.4. The zero-order valence-corrected chi connectivity index (χ0v) is 16.6. The highest BCUT2D eigenvalue weighted by molar-refractivity contribution is 5.96. The standard InChI is InChI=1S/C21H26F3N3O/c1-5-7-16-12(3)14-9-8-13(22)10-17(14)21(16,6-2)25-20(28)15-11-27(4)26-18(15)19(23)24/h8-12,16,19H,5-7H2,1-4H3,(H,25,28). The summed E-state index contributed by atoms with van der Waals surface area (Å²) in [5.41, 5.74) is 0.264. The summed E-state index contributed by atoms with van der Waals surface area (Å²) in [5, 5.41) is 6.75. The fourth-order valence-electron chi connectivity index (χ4n) is 4.78. The molecule has 7 heteroatoms. The van der Waals surface area contributed by atoms with E-state index >= 15 is 0 Å². The molecule has 1 aromatic carbocycles. The topological polar surface area (TPSA) is 46.9 Å². The van der Waals surface area contributed by atoms with E-state index in [9.17, 15) is 18.0 Å². The van der Waals surface area contributed by atoms with Crippen molar-refractivity contribution < 1.29 is 18.0 Å². The highest BCUT2D eigenvalue weighted by atomic mass is 19.3. The maximum Gasteiger partial charge on any atom is 0.282 e. The molecule has 1 aliphatic carbocycles. The van der Waals surface area contributed by atoms with Gasteiger partial charge in [0.2, 0.25) is 0 Å². The lowest BCUT2D eigenvalue weighted by Crippen LogP contribution is -2.49. The summed E-state index contributed by atoms with van der Waals surface area (Å²) >= 11 is 0. The largest absolute Gasteiger partial charge is 0.342 e. The molecule has 0 fully saturated rings. The first-order valence-electron chi connectivity index (χ1n) is 9.69. The van der Waals surface area contributed by atoms with Gasteiger partial charge in [0.15, 0.2) is 0 Å². The van der Waals surface area contributed by atoms with Gasteiger partial charge in [0.1, 0.15) is 11.5 Å². The maximum atomic E-state index is 14.1. The molecule has 3 atom stereocenters. The van der Waals surface area contributed by atoms with Gasteiger partial charge < -0.3 is 5.32 Å². The van der Waals surface area contributed by atoms with Crippen molar-refractivity contribution in [3.63, 3.8) is 0 Å². The summed E-state index contributed by atoms with van der Waals surface area (Å²) in [5.74, 6) is -0.797. The summed E-state index contributed by atoms with van der Waals surface area (Å²) in [6.07, 6.45) is 0.727. The molecule has 28 heavy (non-hydrogen) atoms. The number of nitrogens with zero attached hydrogens (tertiary/aromatic N) is 2. The Morgan fingerprint density at radius 1 is 1.36 bits per heavy atom. The molecule has 2 aromatic rings. The van der Waals surface area contributed by atoms with Crippen molar-refractivity contribution in [2.24, 2.45) is 13.0 Å². The number of amides is 1. The van der Waals surface area contributed by atoms with Gasteiger partial charge in [-0.1, -0.05) is 33.3 Å². The molecule has 1 aliphatic rings. The number of aryl methyl sites for hydroxylation is 1. The second-order valence-corrected chi connectivity index (χ2v) is 7.60. The number of carbonyl (C=O) groups excluding carboxylic acids is 1. The number of hydrogen-bond acceptors (Lipinski definition) is 2. The van der Waals surface area contributed by atoms with Crippen molar-refractivity contribution in [3.8, 4) is 0 Å². The highest BCUT2D eigenvalue weighted by Crippen LogP contribution is 2.53. The van der Waals surface area contributed by atoms with Gasteiger partial charge in [0.25, 0.3) is 12.3 Å². The van der Waals surface area contributed by atoms with Crippen molar-refractivity contribution in [1.29, 1.82) is 0 Å². The number of hydrogen-bond donors (Lipinski definition) is 1.